The molecule has 0 fully saturated rings. The Hall–Kier alpha value is 0.380. The zero-order chi connectivity index (χ0) is 10.9. The molecule has 4 heteroatoms. The van der Waals surface area contributed by atoms with Crippen LogP contribution in [0.3, 0.4) is 0 Å². The van der Waals surface area contributed by atoms with E-state index in [1.807, 2.05) is 32.0 Å². The SMILES string of the molecule is Cc1ccc(C)c(C(Cl)C(Cl)(Cl)Cl)c1. The van der Waals surface area contributed by atoms with Crippen molar-refractivity contribution < 1.29 is 0 Å². The first-order valence-electron chi connectivity index (χ1n) is 4.10. The maximum Gasteiger partial charge on any atom is 0.210 e. The van der Waals surface area contributed by atoms with E-state index in [9.17, 15) is 0 Å². The Balaban J connectivity index is 3.12. The van der Waals surface area contributed by atoms with Crippen LogP contribution in [0.2, 0.25) is 0 Å². The van der Waals surface area contributed by atoms with Gasteiger partial charge in [-0.15, -0.1) is 11.6 Å². The molecule has 1 aromatic rings. The average molecular weight is 272 g/mol. The van der Waals surface area contributed by atoms with Gasteiger partial charge in [0.25, 0.3) is 0 Å². The molecule has 78 valence electrons. The average Bonchev–Trinajstić information content (AvgIpc) is 2.06. The maximum absolute atomic E-state index is 6.06. The molecule has 1 atom stereocenters. The quantitative estimate of drug-likeness (QED) is 0.634. The van der Waals surface area contributed by atoms with Gasteiger partial charge in [0.05, 0.1) is 0 Å². The molecule has 0 aliphatic heterocycles. The minimum absolute atomic E-state index is 0.618. The van der Waals surface area contributed by atoms with Crippen molar-refractivity contribution in [1.29, 1.82) is 0 Å². The Bertz CT molecular complexity index is 327. The van der Waals surface area contributed by atoms with Gasteiger partial charge in [-0.3, -0.25) is 0 Å². The molecule has 0 saturated heterocycles. The van der Waals surface area contributed by atoms with E-state index in [0.717, 1.165) is 16.7 Å². The molecule has 0 heterocycles. The van der Waals surface area contributed by atoms with Gasteiger partial charge >= 0.3 is 0 Å². The Labute approximate surface area is 104 Å². The van der Waals surface area contributed by atoms with Crippen molar-refractivity contribution in [2.45, 2.75) is 23.0 Å². The summed E-state index contributed by atoms with van der Waals surface area (Å²) in [6.45, 7) is 3.92. The summed E-state index contributed by atoms with van der Waals surface area (Å²) in [4.78, 5) is 0. The van der Waals surface area contributed by atoms with E-state index < -0.39 is 9.17 Å². The first-order chi connectivity index (χ1) is 6.32. The van der Waals surface area contributed by atoms with Crippen LogP contribution in [0.25, 0.3) is 0 Å². The van der Waals surface area contributed by atoms with Gasteiger partial charge in [-0.2, -0.15) is 0 Å². The summed E-state index contributed by atoms with van der Waals surface area (Å²) in [5, 5.41) is -0.618. The van der Waals surface area contributed by atoms with E-state index in [4.69, 9.17) is 46.4 Å². The largest absolute Gasteiger partial charge is 0.210 e. The second kappa shape index (κ2) is 4.49. The van der Waals surface area contributed by atoms with E-state index in [0.29, 0.717) is 0 Å². The van der Waals surface area contributed by atoms with Crippen molar-refractivity contribution in [3.05, 3.63) is 34.9 Å². The van der Waals surface area contributed by atoms with Gasteiger partial charge < -0.3 is 0 Å². The monoisotopic (exact) mass is 270 g/mol. The molecular weight excluding hydrogens is 262 g/mol. The molecule has 0 aliphatic rings. The Morgan fingerprint density at radius 1 is 1.14 bits per heavy atom. The minimum Gasteiger partial charge on any atom is -0.113 e. The molecule has 0 nitrogen and oxygen atoms in total. The molecule has 0 radical (unpaired) electrons. The first kappa shape index (κ1) is 12.4. The van der Waals surface area contributed by atoms with E-state index in [-0.39, 0.29) is 0 Å². The van der Waals surface area contributed by atoms with Gasteiger partial charge in [0.2, 0.25) is 3.79 Å². The summed E-state index contributed by atoms with van der Waals surface area (Å²) in [5.41, 5.74) is 3.00. The zero-order valence-electron chi connectivity index (χ0n) is 7.82. The van der Waals surface area contributed by atoms with Crippen molar-refractivity contribution in [3.63, 3.8) is 0 Å². The second-order valence-electron chi connectivity index (χ2n) is 3.26. The number of halogens is 4. The summed E-state index contributed by atoms with van der Waals surface area (Å²) in [5.74, 6) is 0. The van der Waals surface area contributed by atoms with E-state index in [2.05, 4.69) is 0 Å². The highest BCUT2D eigenvalue weighted by molar-refractivity contribution is 6.70. The van der Waals surface area contributed by atoms with E-state index in [1.165, 1.54) is 0 Å². The minimum atomic E-state index is -1.47. The Morgan fingerprint density at radius 3 is 2.21 bits per heavy atom. The summed E-state index contributed by atoms with van der Waals surface area (Å²) in [6, 6.07) is 5.91. The maximum atomic E-state index is 6.06. The fourth-order valence-electron chi connectivity index (χ4n) is 1.21. The molecular formula is C10H10Cl4. The third-order valence-corrected chi connectivity index (χ3v) is 3.55. The lowest BCUT2D eigenvalue weighted by molar-refractivity contribution is 0.955. The molecule has 1 rings (SSSR count). The zero-order valence-corrected chi connectivity index (χ0v) is 10.8. The molecule has 1 unspecified atom stereocenters. The van der Waals surface area contributed by atoms with Crippen LogP contribution in [-0.4, -0.2) is 3.79 Å². The van der Waals surface area contributed by atoms with E-state index in [1.54, 1.807) is 0 Å². The van der Waals surface area contributed by atoms with Crippen molar-refractivity contribution >= 4 is 46.4 Å². The van der Waals surface area contributed by atoms with Gasteiger partial charge in [0, 0.05) is 0 Å². The van der Waals surface area contributed by atoms with Crippen LogP contribution >= 0.6 is 46.4 Å². The first-order valence-corrected chi connectivity index (χ1v) is 5.67. The van der Waals surface area contributed by atoms with E-state index >= 15 is 0 Å². The van der Waals surface area contributed by atoms with Gasteiger partial charge in [0.1, 0.15) is 5.38 Å². The highest BCUT2D eigenvalue weighted by atomic mass is 35.6. The van der Waals surface area contributed by atoms with Crippen molar-refractivity contribution in [1.82, 2.24) is 0 Å². The number of aryl methyl sites for hydroxylation is 2. The van der Waals surface area contributed by atoms with Crippen LogP contribution in [0.1, 0.15) is 22.1 Å². The summed E-state index contributed by atoms with van der Waals surface area (Å²) in [7, 11) is 0. The normalized spacial score (nSPS) is 14.1. The van der Waals surface area contributed by atoms with Crippen molar-refractivity contribution in [2.24, 2.45) is 0 Å². The van der Waals surface area contributed by atoms with Crippen LogP contribution in [0.5, 0.6) is 0 Å². The van der Waals surface area contributed by atoms with Crippen molar-refractivity contribution in [3.8, 4) is 0 Å². The topological polar surface area (TPSA) is 0 Å². The van der Waals surface area contributed by atoms with Crippen LogP contribution in [0, 0.1) is 13.8 Å². The molecule has 0 aromatic heterocycles. The predicted molar refractivity (Wildman–Crippen MR) is 64.8 cm³/mol. The highest BCUT2D eigenvalue weighted by Gasteiger charge is 2.32. The van der Waals surface area contributed by atoms with Crippen molar-refractivity contribution in [2.75, 3.05) is 0 Å². The predicted octanol–water partition coefficient (Wildman–Crippen LogP) is 4.95. The van der Waals surface area contributed by atoms with Gasteiger partial charge in [0.15, 0.2) is 0 Å². The summed E-state index contributed by atoms with van der Waals surface area (Å²) < 4.78 is -1.47. The second-order valence-corrected chi connectivity index (χ2v) is 6.07. The third kappa shape index (κ3) is 2.93. The third-order valence-electron chi connectivity index (χ3n) is 2.00. The number of rotatable bonds is 1. The number of benzene rings is 1. The van der Waals surface area contributed by atoms with Crippen LogP contribution in [0.15, 0.2) is 18.2 Å². The smallest absolute Gasteiger partial charge is 0.113 e. The highest BCUT2D eigenvalue weighted by Crippen LogP contribution is 2.45. The lowest BCUT2D eigenvalue weighted by Gasteiger charge is -2.20. The number of hydrogen-bond donors (Lipinski definition) is 0. The van der Waals surface area contributed by atoms with Crippen LogP contribution < -0.4 is 0 Å². The lowest BCUT2D eigenvalue weighted by atomic mass is 10.0. The fraction of sp³-hybridized carbons (Fsp3) is 0.400. The molecule has 0 aliphatic carbocycles. The standard InChI is InChI=1S/C10H10Cl4/c1-6-3-4-7(2)8(5-6)9(11)10(12,13)14/h3-5,9H,1-2H3. The molecule has 0 bridgehead atoms. The molecule has 0 saturated carbocycles. The fourth-order valence-corrected chi connectivity index (χ4v) is 1.80. The molecule has 14 heavy (non-hydrogen) atoms. The van der Waals surface area contributed by atoms with Crippen LogP contribution in [-0.2, 0) is 0 Å². The molecule has 0 amide bonds. The van der Waals surface area contributed by atoms with Gasteiger partial charge in [-0.05, 0) is 25.0 Å². The van der Waals surface area contributed by atoms with Gasteiger partial charge in [-0.25, -0.2) is 0 Å². The lowest BCUT2D eigenvalue weighted by Crippen LogP contribution is -2.12. The molecule has 0 spiro atoms. The van der Waals surface area contributed by atoms with Crippen LogP contribution in [0.4, 0.5) is 0 Å². The van der Waals surface area contributed by atoms with Gasteiger partial charge in [-0.1, -0.05) is 58.6 Å². The Kier molecular flexibility index (Phi) is 3.99. The number of hydrogen-bond acceptors (Lipinski definition) is 0. The molecule has 1 aromatic carbocycles. The summed E-state index contributed by atoms with van der Waals surface area (Å²) in [6.07, 6.45) is 0. The molecule has 0 N–H and O–H groups in total. The summed E-state index contributed by atoms with van der Waals surface area (Å²) >= 11 is 23.3. The Morgan fingerprint density at radius 2 is 1.71 bits per heavy atom. The number of alkyl halides is 4.